The van der Waals surface area contributed by atoms with Gasteiger partial charge in [0.15, 0.2) is 18.1 Å². The van der Waals surface area contributed by atoms with E-state index < -0.39 is 5.91 Å². The Morgan fingerprint density at radius 1 is 1.23 bits per heavy atom. The third-order valence-corrected chi connectivity index (χ3v) is 4.88. The lowest BCUT2D eigenvalue weighted by Gasteiger charge is -2.35. The third-order valence-electron chi connectivity index (χ3n) is 4.88. The van der Waals surface area contributed by atoms with Crippen LogP contribution in [-0.2, 0) is 16.1 Å². The van der Waals surface area contributed by atoms with E-state index in [-0.39, 0.29) is 18.8 Å². The van der Waals surface area contributed by atoms with Gasteiger partial charge in [0.25, 0.3) is 5.91 Å². The van der Waals surface area contributed by atoms with Crippen molar-refractivity contribution in [1.29, 1.82) is 0 Å². The molecule has 8 heteroatoms. The fourth-order valence-corrected chi connectivity index (χ4v) is 3.82. The van der Waals surface area contributed by atoms with Crippen LogP contribution in [0.15, 0.2) is 30.5 Å². The first-order valence-corrected chi connectivity index (χ1v) is 9.90. The van der Waals surface area contributed by atoms with Crippen molar-refractivity contribution in [2.45, 2.75) is 32.6 Å². The van der Waals surface area contributed by atoms with E-state index in [2.05, 4.69) is 23.7 Å². The van der Waals surface area contributed by atoms with E-state index in [1.807, 2.05) is 24.3 Å². The second-order valence-corrected chi connectivity index (χ2v) is 7.43. The average Bonchev–Trinajstić information content (AvgIpc) is 2.71. The molecule has 0 spiro atoms. The minimum absolute atomic E-state index is 0.132. The molecule has 0 aliphatic carbocycles. The molecule has 1 amide bonds. The lowest BCUT2D eigenvalue weighted by Crippen LogP contribution is -2.44. The van der Waals surface area contributed by atoms with Crippen LogP contribution in [0.1, 0.15) is 19.4 Å². The molecule has 2 heterocycles. The SMILES string of the molecule is COc1cc(-c2cccnc2OC)cc(CN2C[C@@H](C)O[C@@H](C)C2)c1OCC(N)=O. The van der Waals surface area contributed by atoms with E-state index in [0.29, 0.717) is 23.9 Å². The average molecular weight is 415 g/mol. The molecule has 2 aromatic rings. The summed E-state index contributed by atoms with van der Waals surface area (Å²) in [6, 6.07) is 7.66. The predicted molar refractivity (Wildman–Crippen MR) is 113 cm³/mol. The van der Waals surface area contributed by atoms with Gasteiger partial charge in [-0.1, -0.05) is 0 Å². The number of hydrogen-bond donors (Lipinski definition) is 1. The Morgan fingerprint density at radius 2 is 1.97 bits per heavy atom. The third kappa shape index (κ3) is 5.20. The van der Waals surface area contributed by atoms with Gasteiger partial charge in [-0.25, -0.2) is 4.98 Å². The Balaban J connectivity index is 2.04. The number of ether oxygens (including phenoxy) is 4. The number of carbonyl (C=O) groups is 1. The summed E-state index contributed by atoms with van der Waals surface area (Å²) in [5.41, 5.74) is 7.91. The second kappa shape index (κ2) is 9.77. The highest BCUT2D eigenvalue weighted by molar-refractivity contribution is 5.76. The first-order chi connectivity index (χ1) is 14.4. The number of primary amides is 1. The van der Waals surface area contributed by atoms with Gasteiger partial charge in [-0.3, -0.25) is 9.69 Å². The number of pyridine rings is 1. The molecule has 1 aliphatic rings. The number of amides is 1. The summed E-state index contributed by atoms with van der Waals surface area (Å²) in [6.45, 7) is 6.09. The molecule has 1 aliphatic heterocycles. The van der Waals surface area contributed by atoms with Crippen LogP contribution in [0.4, 0.5) is 0 Å². The Bertz CT molecular complexity index is 879. The maximum atomic E-state index is 11.3. The lowest BCUT2D eigenvalue weighted by atomic mass is 10.0. The molecule has 162 valence electrons. The van der Waals surface area contributed by atoms with Gasteiger partial charge in [0.05, 0.1) is 26.4 Å². The van der Waals surface area contributed by atoms with Gasteiger partial charge in [-0.15, -0.1) is 0 Å². The largest absolute Gasteiger partial charge is 0.493 e. The molecule has 1 aromatic heterocycles. The molecule has 8 nitrogen and oxygen atoms in total. The highest BCUT2D eigenvalue weighted by Crippen LogP contribution is 2.39. The standard InChI is InChI=1S/C22H29N3O5/c1-14-10-25(11-15(2)30-14)12-17-8-16(18-6-5-7-24-22(18)28-4)9-19(27-3)21(17)29-13-20(23)26/h5-9,14-15H,10-13H2,1-4H3,(H2,23,26)/t14-,15+. The minimum atomic E-state index is -0.547. The molecule has 2 N–H and O–H groups in total. The maximum Gasteiger partial charge on any atom is 0.255 e. The van der Waals surface area contributed by atoms with E-state index in [9.17, 15) is 4.79 Å². The molecule has 0 radical (unpaired) electrons. The van der Waals surface area contributed by atoms with E-state index in [0.717, 1.165) is 29.8 Å². The van der Waals surface area contributed by atoms with Gasteiger partial charge >= 0.3 is 0 Å². The summed E-state index contributed by atoms with van der Waals surface area (Å²) in [7, 11) is 3.16. The maximum absolute atomic E-state index is 11.3. The van der Waals surface area contributed by atoms with Crippen LogP contribution < -0.4 is 19.9 Å². The van der Waals surface area contributed by atoms with Gasteiger partial charge in [0, 0.05) is 37.0 Å². The van der Waals surface area contributed by atoms with Crippen molar-refractivity contribution >= 4 is 5.91 Å². The smallest absolute Gasteiger partial charge is 0.255 e. The molecule has 0 saturated carbocycles. The molecule has 3 rings (SSSR count). The van der Waals surface area contributed by atoms with Gasteiger partial charge in [-0.2, -0.15) is 0 Å². The van der Waals surface area contributed by atoms with Crippen molar-refractivity contribution in [3.8, 4) is 28.5 Å². The number of rotatable bonds is 8. The summed E-state index contributed by atoms with van der Waals surface area (Å²) in [5.74, 6) is 0.998. The zero-order valence-corrected chi connectivity index (χ0v) is 17.9. The zero-order chi connectivity index (χ0) is 21.7. The number of hydrogen-bond acceptors (Lipinski definition) is 7. The van der Waals surface area contributed by atoms with Crippen LogP contribution in [-0.4, -0.2) is 61.9 Å². The molecular formula is C22H29N3O5. The first-order valence-electron chi connectivity index (χ1n) is 9.90. The molecule has 0 bridgehead atoms. The quantitative estimate of drug-likeness (QED) is 0.706. The van der Waals surface area contributed by atoms with Gasteiger partial charge in [0.2, 0.25) is 5.88 Å². The fraction of sp³-hybridized carbons (Fsp3) is 0.455. The molecule has 1 saturated heterocycles. The highest BCUT2D eigenvalue weighted by Gasteiger charge is 2.25. The summed E-state index contributed by atoms with van der Waals surface area (Å²) in [6.07, 6.45) is 1.95. The lowest BCUT2D eigenvalue weighted by molar-refractivity contribution is -0.119. The summed E-state index contributed by atoms with van der Waals surface area (Å²) in [4.78, 5) is 17.9. The van der Waals surface area contributed by atoms with Crippen molar-refractivity contribution in [1.82, 2.24) is 9.88 Å². The Hall–Kier alpha value is -2.84. The Kier molecular flexibility index (Phi) is 7.12. The summed E-state index contributed by atoms with van der Waals surface area (Å²) >= 11 is 0. The first kappa shape index (κ1) is 21.9. The summed E-state index contributed by atoms with van der Waals surface area (Å²) in [5, 5.41) is 0. The van der Waals surface area contributed by atoms with Crippen LogP contribution in [0.25, 0.3) is 11.1 Å². The zero-order valence-electron chi connectivity index (χ0n) is 17.9. The number of benzene rings is 1. The van der Waals surface area contributed by atoms with Crippen molar-refractivity contribution in [2.24, 2.45) is 5.73 Å². The molecule has 30 heavy (non-hydrogen) atoms. The monoisotopic (exact) mass is 415 g/mol. The van der Waals surface area contributed by atoms with Crippen LogP contribution in [0.5, 0.6) is 17.4 Å². The second-order valence-electron chi connectivity index (χ2n) is 7.43. The predicted octanol–water partition coefficient (Wildman–Crippen LogP) is 2.24. The van der Waals surface area contributed by atoms with Crippen molar-refractivity contribution < 1.29 is 23.7 Å². The normalized spacial score (nSPS) is 19.3. The van der Waals surface area contributed by atoms with E-state index >= 15 is 0 Å². The topological polar surface area (TPSA) is 96.1 Å². The number of methoxy groups -OCH3 is 2. The van der Waals surface area contributed by atoms with Crippen molar-refractivity contribution in [3.05, 3.63) is 36.0 Å². The molecule has 1 aromatic carbocycles. The van der Waals surface area contributed by atoms with Crippen molar-refractivity contribution in [3.63, 3.8) is 0 Å². The van der Waals surface area contributed by atoms with Gasteiger partial charge in [-0.05, 0) is 43.7 Å². The minimum Gasteiger partial charge on any atom is -0.493 e. The molecule has 0 unspecified atom stereocenters. The molecule has 2 atom stereocenters. The van der Waals surface area contributed by atoms with Crippen LogP contribution in [0.3, 0.4) is 0 Å². The van der Waals surface area contributed by atoms with E-state index in [1.165, 1.54) is 0 Å². The van der Waals surface area contributed by atoms with Crippen molar-refractivity contribution in [2.75, 3.05) is 33.9 Å². The van der Waals surface area contributed by atoms with Gasteiger partial charge < -0.3 is 24.7 Å². The van der Waals surface area contributed by atoms with Gasteiger partial charge in [0.1, 0.15) is 0 Å². The number of morpholine rings is 1. The summed E-state index contributed by atoms with van der Waals surface area (Å²) < 4.78 is 22.6. The Labute approximate surface area is 176 Å². The molecular weight excluding hydrogens is 386 g/mol. The highest BCUT2D eigenvalue weighted by atomic mass is 16.5. The van der Waals surface area contributed by atoms with Crippen LogP contribution in [0, 0.1) is 0 Å². The number of aromatic nitrogens is 1. The number of nitrogens with zero attached hydrogens (tertiary/aromatic N) is 2. The van der Waals surface area contributed by atoms with Crippen LogP contribution >= 0.6 is 0 Å². The van der Waals surface area contributed by atoms with E-state index in [4.69, 9.17) is 24.7 Å². The number of carbonyl (C=O) groups excluding carboxylic acids is 1. The van der Waals surface area contributed by atoms with Crippen LogP contribution in [0.2, 0.25) is 0 Å². The Morgan fingerprint density at radius 3 is 2.60 bits per heavy atom. The number of nitrogens with two attached hydrogens (primary N) is 1. The fourth-order valence-electron chi connectivity index (χ4n) is 3.82. The van der Waals surface area contributed by atoms with E-state index in [1.54, 1.807) is 20.4 Å². The molecule has 1 fully saturated rings.